The minimum atomic E-state index is 0.0308. The van der Waals surface area contributed by atoms with Gasteiger partial charge in [-0.3, -0.25) is 9.69 Å². The number of anilines is 2. The van der Waals surface area contributed by atoms with Crippen LogP contribution >= 0.6 is 0 Å². The molecule has 0 aromatic heterocycles. The molecule has 3 heterocycles. The highest BCUT2D eigenvalue weighted by Crippen LogP contribution is 2.36. The molecule has 5 nitrogen and oxygen atoms in total. The first-order valence-electron chi connectivity index (χ1n) is 11.1. The van der Waals surface area contributed by atoms with Gasteiger partial charge in [0.25, 0.3) is 5.91 Å². The van der Waals surface area contributed by atoms with Crippen LogP contribution in [0, 0.1) is 11.8 Å². The summed E-state index contributed by atoms with van der Waals surface area (Å²) in [6.07, 6.45) is 2.47. The van der Waals surface area contributed by atoms with Gasteiger partial charge in [-0.25, -0.2) is 0 Å². The second-order valence-electron chi connectivity index (χ2n) is 9.06. The van der Waals surface area contributed by atoms with Gasteiger partial charge >= 0.3 is 0 Å². The Morgan fingerprint density at radius 1 is 1.03 bits per heavy atom. The third-order valence-electron chi connectivity index (χ3n) is 6.86. The SMILES string of the molecule is CN(C)c1ccc(C(=O)NCC2CC3CCN2CC3CN(C)c2ccccc2)cc1. The Morgan fingerprint density at radius 2 is 1.77 bits per heavy atom. The van der Waals surface area contributed by atoms with E-state index in [1.165, 1.54) is 18.5 Å². The summed E-state index contributed by atoms with van der Waals surface area (Å²) in [5, 5.41) is 3.18. The number of hydrogen-bond acceptors (Lipinski definition) is 4. The first-order valence-corrected chi connectivity index (χ1v) is 11.1. The molecule has 5 rings (SSSR count). The number of fused-ring (bicyclic) bond motifs is 3. The highest BCUT2D eigenvalue weighted by Gasteiger charge is 2.40. The van der Waals surface area contributed by atoms with Gasteiger partial charge in [-0.15, -0.1) is 0 Å². The Bertz CT molecular complexity index is 836. The minimum absolute atomic E-state index is 0.0308. The molecule has 2 bridgehead atoms. The van der Waals surface area contributed by atoms with E-state index in [4.69, 9.17) is 0 Å². The minimum Gasteiger partial charge on any atom is -0.378 e. The summed E-state index contributed by atoms with van der Waals surface area (Å²) in [5.41, 5.74) is 3.13. The van der Waals surface area contributed by atoms with Crippen molar-refractivity contribution in [2.75, 3.05) is 57.1 Å². The summed E-state index contributed by atoms with van der Waals surface area (Å²) < 4.78 is 0. The Balaban J connectivity index is 1.29. The van der Waals surface area contributed by atoms with Crippen LogP contribution in [0.25, 0.3) is 0 Å². The number of nitrogens with one attached hydrogen (secondary N) is 1. The van der Waals surface area contributed by atoms with Crippen molar-refractivity contribution in [2.24, 2.45) is 11.8 Å². The van der Waals surface area contributed by atoms with Crippen LogP contribution in [-0.4, -0.2) is 64.2 Å². The molecule has 30 heavy (non-hydrogen) atoms. The monoisotopic (exact) mass is 406 g/mol. The maximum absolute atomic E-state index is 12.6. The molecule has 3 aliphatic rings. The van der Waals surface area contributed by atoms with E-state index in [9.17, 15) is 4.79 Å². The molecule has 0 saturated carbocycles. The zero-order chi connectivity index (χ0) is 21.1. The van der Waals surface area contributed by atoms with E-state index >= 15 is 0 Å². The summed E-state index contributed by atoms with van der Waals surface area (Å²) in [5.74, 6) is 1.49. The Hall–Kier alpha value is -2.53. The number of amides is 1. The van der Waals surface area contributed by atoms with E-state index in [0.717, 1.165) is 43.3 Å². The molecule has 3 saturated heterocycles. The van der Waals surface area contributed by atoms with Gasteiger partial charge in [0.2, 0.25) is 0 Å². The first-order chi connectivity index (χ1) is 14.5. The van der Waals surface area contributed by atoms with Crippen molar-refractivity contribution in [1.29, 1.82) is 0 Å². The summed E-state index contributed by atoms with van der Waals surface area (Å²) >= 11 is 0. The van der Waals surface area contributed by atoms with Crippen molar-refractivity contribution in [3.8, 4) is 0 Å². The van der Waals surface area contributed by atoms with Crippen molar-refractivity contribution in [1.82, 2.24) is 10.2 Å². The number of carbonyl (C=O) groups excluding carboxylic acids is 1. The van der Waals surface area contributed by atoms with Gasteiger partial charge in [0.05, 0.1) is 0 Å². The predicted molar refractivity (Wildman–Crippen MR) is 124 cm³/mol. The van der Waals surface area contributed by atoms with E-state index in [2.05, 4.69) is 52.5 Å². The van der Waals surface area contributed by atoms with Crippen LogP contribution in [0.1, 0.15) is 23.2 Å². The van der Waals surface area contributed by atoms with Crippen molar-refractivity contribution >= 4 is 17.3 Å². The number of nitrogens with zero attached hydrogens (tertiary/aromatic N) is 3. The standard InChI is InChI=1S/C25H34N4O/c1-27(2)22-11-9-19(10-12-22)25(30)26-16-24-15-20-13-14-29(24)18-21(20)17-28(3)23-7-5-4-6-8-23/h4-12,20-21,24H,13-18H2,1-3H3,(H,26,30). The summed E-state index contributed by atoms with van der Waals surface area (Å²) in [4.78, 5) is 19.6. The zero-order valence-corrected chi connectivity index (χ0v) is 18.4. The molecule has 3 fully saturated rings. The third-order valence-corrected chi connectivity index (χ3v) is 6.86. The topological polar surface area (TPSA) is 38.8 Å². The quantitative estimate of drug-likeness (QED) is 0.766. The second-order valence-corrected chi connectivity index (χ2v) is 9.06. The van der Waals surface area contributed by atoms with E-state index in [1.807, 2.05) is 43.3 Å². The van der Waals surface area contributed by atoms with Gasteiger partial charge in [-0.2, -0.15) is 0 Å². The predicted octanol–water partition coefficient (Wildman–Crippen LogP) is 3.33. The molecule has 1 amide bonds. The van der Waals surface area contributed by atoms with Gasteiger partial charge in [0.15, 0.2) is 0 Å². The molecule has 3 aliphatic heterocycles. The number of carbonyl (C=O) groups is 1. The van der Waals surface area contributed by atoms with Crippen LogP contribution in [0.3, 0.4) is 0 Å². The van der Waals surface area contributed by atoms with Crippen LogP contribution in [0.4, 0.5) is 11.4 Å². The number of benzene rings is 2. The molecule has 5 heteroatoms. The fourth-order valence-corrected chi connectivity index (χ4v) is 5.03. The summed E-state index contributed by atoms with van der Waals surface area (Å²) in [6.45, 7) is 4.14. The van der Waals surface area contributed by atoms with Crippen LogP contribution < -0.4 is 15.1 Å². The van der Waals surface area contributed by atoms with Crippen LogP contribution in [0.5, 0.6) is 0 Å². The third kappa shape index (κ3) is 4.62. The maximum Gasteiger partial charge on any atom is 0.251 e. The summed E-state index contributed by atoms with van der Waals surface area (Å²) in [6, 6.07) is 18.9. The molecule has 0 aliphatic carbocycles. The van der Waals surface area contributed by atoms with Crippen LogP contribution in [-0.2, 0) is 0 Å². The smallest absolute Gasteiger partial charge is 0.251 e. The fraction of sp³-hybridized carbons (Fsp3) is 0.480. The van der Waals surface area contributed by atoms with E-state index in [0.29, 0.717) is 12.0 Å². The molecule has 0 radical (unpaired) electrons. The van der Waals surface area contributed by atoms with Crippen molar-refractivity contribution < 1.29 is 4.79 Å². The van der Waals surface area contributed by atoms with Gasteiger partial charge in [0, 0.05) is 63.8 Å². The van der Waals surface area contributed by atoms with Gasteiger partial charge < -0.3 is 15.1 Å². The van der Waals surface area contributed by atoms with Crippen molar-refractivity contribution in [3.63, 3.8) is 0 Å². The lowest BCUT2D eigenvalue weighted by Crippen LogP contribution is -2.58. The van der Waals surface area contributed by atoms with Gasteiger partial charge in [-0.05, 0) is 67.6 Å². The average molecular weight is 407 g/mol. The molecular weight excluding hydrogens is 372 g/mol. The van der Waals surface area contributed by atoms with Crippen molar-refractivity contribution in [3.05, 3.63) is 60.2 Å². The molecule has 2 aromatic carbocycles. The molecule has 4 atom stereocenters. The summed E-state index contributed by atoms with van der Waals surface area (Å²) in [7, 11) is 6.21. The van der Waals surface area contributed by atoms with E-state index < -0.39 is 0 Å². The van der Waals surface area contributed by atoms with Gasteiger partial charge in [0.1, 0.15) is 0 Å². The Kier molecular flexibility index (Phi) is 6.28. The lowest BCUT2D eigenvalue weighted by atomic mass is 9.75. The zero-order valence-electron chi connectivity index (χ0n) is 18.4. The second kappa shape index (κ2) is 9.09. The molecular formula is C25H34N4O. The van der Waals surface area contributed by atoms with Crippen LogP contribution in [0.15, 0.2) is 54.6 Å². The molecule has 160 valence electrons. The number of piperidine rings is 3. The number of hydrogen-bond donors (Lipinski definition) is 1. The largest absolute Gasteiger partial charge is 0.378 e. The Labute approximate surface area is 180 Å². The maximum atomic E-state index is 12.6. The fourth-order valence-electron chi connectivity index (χ4n) is 5.03. The normalized spacial score (nSPS) is 25.0. The first kappa shape index (κ1) is 20.7. The molecule has 1 N–H and O–H groups in total. The average Bonchev–Trinajstić information content (AvgIpc) is 2.78. The number of para-hydroxylation sites is 1. The highest BCUT2D eigenvalue weighted by molar-refractivity contribution is 5.94. The molecule has 2 aromatic rings. The van der Waals surface area contributed by atoms with Gasteiger partial charge in [-0.1, -0.05) is 18.2 Å². The van der Waals surface area contributed by atoms with E-state index in [-0.39, 0.29) is 5.91 Å². The highest BCUT2D eigenvalue weighted by atomic mass is 16.1. The molecule has 0 spiro atoms. The Morgan fingerprint density at radius 3 is 2.40 bits per heavy atom. The van der Waals surface area contributed by atoms with E-state index in [1.54, 1.807) is 0 Å². The lowest BCUT2D eigenvalue weighted by molar-refractivity contribution is 0.00517. The molecule has 4 unspecified atom stereocenters. The lowest BCUT2D eigenvalue weighted by Gasteiger charge is -2.50. The van der Waals surface area contributed by atoms with Crippen molar-refractivity contribution in [2.45, 2.75) is 18.9 Å². The number of rotatable bonds is 7. The van der Waals surface area contributed by atoms with Crippen LogP contribution in [0.2, 0.25) is 0 Å².